The highest BCUT2D eigenvalue weighted by molar-refractivity contribution is 7.12. The van der Waals surface area contributed by atoms with Crippen LogP contribution in [0.15, 0.2) is 11.6 Å². The average molecular weight is 331 g/mol. The molecule has 0 atom stereocenters. The molecule has 0 saturated carbocycles. The minimum absolute atomic E-state index is 0.0311. The number of hydrogen-bond acceptors (Lipinski definition) is 4. The summed E-state index contributed by atoms with van der Waals surface area (Å²) in [5.74, 6) is -1.90. The molecule has 5 nitrogen and oxygen atoms in total. The molecule has 0 aliphatic heterocycles. The maximum absolute atomic E-state index is 12.9. The fourth-order valence-electron chi connectivity index (χ4n) is 1.41. The zero-order chi connectivity index (χ0) is 16.0. The number of thiazole rings is 1. The van der Waals surface area contributed by atoms with Crippen LogP contribution in [0.2, 0.25) is 0 Å². The van der Waals surface area contributed by atoms with Gasteiger partial charge in [0.1, 0.15) is 5.56 Å². The summed E-state index contributed by atoms with van der Waals surface area (Å²) in [6.45, 7) is 0. The van der Waals surface area contributed by atoms with Crippen molar-refractivity contribution in [1.29, 1.82) is 0 Å². The first-order valence-electron chi connectivity index (χ1n) is 4.93. The van der Waals surface area contributed by atoms with Gasteiger partial charge in [-0.15, -0.1) is 11.3 Å². The Hall–Kier alpha value is -2.11. The zero-order valence-corrected chi connectivity index (χ0v) is 10.3. The number of alkyl halides is 6. The standard InChI is InChI=1S/C9H3F6N3O2S/c10-8(11,12)4-2-21-7(17-4)18-5(9(13,14)15)3(1-16-18)6(19)20/h1-2H,(H,19,20). The molecule has 0 radical (unpaired) electrons. The van der Waals surface area contributed by atoms with E-state index in [4.69, 9.17) is 5.11 Å². The average Bonchev–Trinajstić information content (AvgIpc) is 2.93. The van der Waals surface area contributed by atoms with Gasteiger partial charge in [-0.25, -0.2) is 14.5 Å². The van der Waals surface area contributed by atoms with Crippen molar-refractivity contribution in [3.05, 3.63) is 28.5 Å². The van der Waals surface area contributed by atoms with Crippen LogP contribution in [0.25, 0.3) is 5.13 Å². The topological polar surface area (TPSA) is 68.0 Å². The van der Waals surface area contributed by atoms with Crippen molar-refractivity contribution in [2.75, 3.05) is 0 Å². The first-order valence-corrected chi connectivity index (χ1v) is 5.81. The highest BCUT2D eigenvalue weighted by atomic mass is 32.1. The molecule has 21 heavy (non-hydrogen) atoms. The maximum atomic E-state index is 12.9. The highest BCUT2D eigenvalue weighted by Gasteiger charge is 2.42. The van der Waals surface area contributed by atoms with E-state index in [1.807, 2.05) is 0 Å². The van der Waals surface area contributed by atoms with E-state index in [0.717, 1.165) is 0 Å². The summed E-state index contributed by atoms with van der Waals surface area (Å²) >= 11 is 0.261. The molecule has 0 saturated heterocycles. The molecule has 0 unspecified atom stereocenters. The third kappa shape index (κ3) is 2.84. The van der Waals surface area contributed by atoms with Gasteiger partial charge in [0, 0.05) is 5.38 Å². The van der Waals surface area contributed by atoms with Gasteiger partial charge in [0.15, 0.2) is 11.4 Å². The van der Waals surface area contributed by atoms with E-state index >= 15 is 0 Å². The summed E-state index contributed by atoms with van der Waals surface area (Å²) in [4.78, 5) is 13.7. The monoisotopic (exact) mass is 331 g/mol. The van der Waals surface area contributed by atoms with Crippen LogP contribution in [-0.2, 0) is 12.4 Å². The minimum Gasteiger partial charge on any atom is -0.478 e. The van der Waals surface area contributed by atoms with Gasteiger partial charge in [-0.3, -0.25) is 0 Å². The number of aromatic nitrogens is 3. The third-order valence-electron chi connectivity index (χ3n) is 2.23. The first-order chi connectivity index (χ1) is 9.51. The van der Waals surface area contributed by atoms with Crippen molar-refractivity contribution in [2.45, 2.75) is 12.4 Å². The lowest BCUT2D eigenvalue weighted by molar-refractivity contribution is -0.143. The van der Waals surface area contributed by atoms with Crippen LogP contribution in [0.1, 0.15) is 21.7 Å². The van der Waals surface area contributed by atoms with Gasteiger partial charge in [-0.1, -0.05) is 0 Å². The lowest BCUT2D eigenvalue weighted by atomic mass is 10.2. The molecule has 0 amide bonds. The van der Waals surface area contributed by atoms with Crippen molar-refractivity contribution in [3.8, 4) is 5.13 Å². The molecule has 0 aliphatic carbocycles. The minimum atomic E-state index is -5.12. The van der Waals surface area contributed by atoms with Gasteiger partial charge < -0.3 is 5.11 Å². The molecule has 0 aromatic carbocycles. The summed E-state index contributed by atoms with van der Waals surface area (Å²) in [6.07, 6.45) is -9.54. The number of hydrogen-bond donors (Lipinski definition) is 1. The van der Waals surface area contributed by atoms with Crippen LogP contribution in [0.5, 0.6) is 0 Å². The molecule has 1 N–H and O–H groups in total. The number of aromatic carboxylic acids is 1. The second kappa shape index (κ2) is 4.72. The molecule has 0 bridgehead atoms. The Kier molecular flexibility index (Phi) is 3.43. The number of carboxylic acid groups (broad SMARTS) is 1. The van der Waals surface area contributed by atoms with Crippen molar-refractivity contribution < 1.29 is 36.2 Å². The quantitative estimate of drug-likeness (QED) is 0.859. The van der Waals surface area contributed by atoms with Gasteiger partial charge in [0.2, 0.25) is 5.13 Å². The molecular formula is C9H3F6N3O2S. The van der Waals surface area contributed by atoms with E-state index in [-0.39, 0.29) is 16.0 Å². The van der Waals surface area contributed by atoms with Crippen LogP contribution in [-0.4, -0.2) is 25.8 Å². The number of nitrogens with zero attached hydrogens (tertiary/aromatic N) is 3. The number of rotatable bonds is 2. The van der Waals surface area contributed by atoms with E-state index in [1.54, 1.807) is 0 Å². The molecule has 2 aromatic rings. The third-order valence-corrected chi connectivity index (χ3v) is 3.05. The second-order valence-corrected chi connectivity index (χ2v) is 4.47. The van der Waals surface area contributed by atoms with Crippen molar-refractivity contribution in [1.82, 2.24) is 14.8 Å². The lowest BCUT2D eigenvalue weighted by Crippen LogP contribution is -2.17. The number of halogens is 6. The summed E-state index contributed by atoms with van der Waals surface area (Å²) in [7, 11) is 0. The molecule has 114 valence electrons. The van der Waals surface area contributed by atoms with E-state index in [9.17, 15) is 31.1 Å². The molecular weight excluding hydrogens is 328 g/mol. The van der Waals surface area contributed by atoms with Gasteiger partial charge in [0.05, 0.1) is 6.20 Å². The smallest absolute Gasteiger partial charge is 0.434 e. The summed E-state index contributed by atoms with van der Waals surface area (Å²) in [5, 5.41) is 11.6. The Balaban J connectivity index is 2.60. The van der Waals surface area contributed by atoms with Gasteiger partial charge >= 0.3 is 18.3 Å². The largest absolute Gasteiger partial charge is 0.478 e. The maximum Gasteiger partial charge on any atom is 0.434 e. The lowest BCUT2D eigenvalue weighted by Gasteiger charge is -2.09. The second-order valence-electron chi connectivity index (χ2n) is 3.63. The van der Waals surface area contributed by atoms with Gasteiger partial charge in [-0.05, 0) is 0 Å². The van der Waals surface area contributed by atoms with Crippen LogP contribution in [0.4, 0.5) is 26.3 Å². The van der Waals surface area contributed by atoms with Crippen LogP contribution in [0.3, 0.4) is 0 Å². The normalized spacial score (nSPS) is 12.7. The van der Waals surface area contributed by atoms with E-state index in [1.165, 1.54) is 0 Å². The number of carbonyl (C=O) groups is 1. The fourth-order valence-corrected chi connectivity index (χ4v) is 2.21. The Morgan fingerprint density at radius 2 is 1.81 bits per heavy atom. The highest BCUT2D eigenvalue weighted by Crippen LogP contribution is 2.36. The molecule has 2 rings (SSSR count). The predicted molar refractivity (Wildman–Crippen MR) is 56.2 cm³/mol. The summed E-state index contributed by atoms with van der Waals surface area (Å²) < 4.78 is 75.8. The molecule has 0 fully saturated rings. The Morgan fingerprint density at radius 1 is 1.19 bits per heavy atom. The van der Waals surface area contributed by atoms with Gasteiger partial charge in [-0.2, -0.15) is 31.4 Å². The van der Waals surface area contributed by atoms with Crippen molar-refractivity contribution >= 4 is 17.3 Å². The molecule has 12 heteroatoms. The number of carboxylic acids is 1. The fraction of sp³-hybridized carbons (Fsp3) is 0.222. The Labute approximate surface area is 115 Å². The van der Waals surface area contributed by atoms with Crippen molar-refractivity contribution in [2.24, 2.45) is 0 Å². The van der Waals surface area contributed by atoms with E-state index in [2.05, 4.69) is 10.1 Å². The molecule has 2 heterocycles. The molecule has 2 aromatic heterocycles. The summed E-state index contributed by atoms with van der Waals surface area (Å²) in [5.41, 5.74) is -4.26. The zero-order valence-electron chi connectivity index (χ0n) is 9.53. The van der Waals surface area contributed by atoms with Crippen LogP contribution >= 0.6 is 11.3 Å². The summed E-state index contributed by atoms with van der Waals surface area (Å²) in [6, 6.07) is 0. The molecule has 0 aliphatic rings. The van der Waals surface area contributed by atoms with Crippen LogP contribution in [0, 0.1) is 0 Å². The van der Waals surface area contributed by atoms with E-state index < -0.39 is 40.4 Å². The van der Waals surface area contributed by atoms with E-state index in [0.29, 0.717) is 11.6 Å². The first kappa shape index (κ1) is 15.3. The SMILES string of the molecule is O=C(O)c1cnn(-c2nc(C(F)(F)F)cs2)c1C(F)(F)F. The molecule has 0 spiro atoms. The predicted octanol–water partition coefficient (Wildman–Crippen LogP) is 3.06. The Morgan fingerprint density at radius 3 is 2.24 bits per heavy atom. The van der Waals surface area contributed by atoms with Crippen molar-refractivity contribution in [3.63, 3.8) is 0 Å². The van der Waals surface area contributed by atoms with Gasteiger partial charge in [0.25, 0.3) is 0 Å². The Bertz CT molecular complexity index is 686. The van der Waals surface area contributed by atoms with Crippen LogP contribution < -0.4 is 0 Å².